The lowest BCUT2D eigenvalue weighted by atomic mass is 9.96. The molecule has 4 atom stereocenters. The maximum atomic E-state index is 13.1. The van der Waals surface area contributed by atoms with Gasteiger partial charge in [0.25, 0.3) is 11.8 Å². The van der Waals surface area contributed by atoms with Crippen LogP contribution in [0.15, 0.2) is 48.5 Å². The van der Waals surface area contributed by atoms with Gasteiger partial charge >= 0.3 is 0 Å². The minimum atomic E-state index is -1.43. The quantitative estimate of drug-likeness (QED) is 0.244. The predicted molar refractivity (Wildman–Crippen MR) is 124 cm³/mol. The summed E-state index contributed by atoms with van der Waals surface area (Å²) < 4.78 is 7.59. The van der Waals surface area contributed by atoms with Crippen LogP contribution in [0.1, 0.15) is 26.9 Å². The van der Waals surface area contributed by atoms with Crippen molar-refractivity contribution in [2.75, 3.05) is 6.61 Å². The Bertz CT molecular complexity index is 1700. The fourth-order valence-corrected chi connectivity index (χ4v) is 5.56. The van der Waals surface area contributed by atoms with E-state index in [2.05, 4.69) is 10.3 Å². The van der Waals surface area contributed by atoms with E-state index >= 15 is 0 Å². The van der Waals surface area contributed by atoms with E-state index in [9.17, 15) is 24.9 Å². The Morgan fingerprint density at radius 1 is 0.853 bits per heavy atom. The van der Waals surface area contributed by atoms with E-state index in [-0.39, 0.29) is 12.2 Å². The summed E-state index contributed by atoms with van der Waals surface area (Å²) in [5, 5.41) is 36.4. The molecule has 9 heteroatoms. The number of carbonyl (C=O) groups excluding carboxylic acids is 2. The number of rotatable bonds is 1. The summed E-state index contributed by atoms with van der Waals surface area (Å²) in [4.78, 5) is 29.4. The first-order chi connectivity index (χ1) is 16.5. The van der Waals surface area contributed by atoms with Crippen LogP contribution in [0.3, 0.4) is 0 Å². The van der Waals surface area contributed by atoms with Gasteiger partial charge in [0.1, 0.15) is 18.3 Å². The Balaban J connectivity index is 1.73. The molecule has 170 valence electrons. The Kier molecular flexibility index (Phi) is 3.85. The molecule has 3 aromatic carbocycles. The van der Waals surface area contributed by atoms with Gasteiger partial charge in [-0.25, -0.2) is 0 Å². The van der Waals surface area contributed by atoms with Crippen LogP contribution in [0.5, 0.6) is 0 Å². The normalized spacial score (nSPS) is 25.0. The van der Waals surface area contributed by atoms with Crippen LogP contribution in [0.4, 0.5) is 0 Å². The predicted octanol–water partition coefficient (Wildman–Crippen LogP) is 1.92. The second kappa shape index (κ2) is 6.64. The van der Waals surface area contributed by atoms with Crippen molar-refractivity contribution in [3.05, 3.63) is 59.7 Å². The Morgan fingerprint density at radius 2 is 1.53 bits per heavy atom. The summed E-state index contributed by atoms with van der Waals surface area (Å²) in [7, 11) is 0. The third kappa shape index (κ3) is 2.31. The number of carbonyl (C=O) groups is 2. The standard InChI is InChI=1S/C25H19N3O6/c29-14-9-34-25(22(31)21(14)30)28-13-8-4-2-6-11(13)16-18-17(23(32)27-24(18)33)15-10-5-1-3-7-12(10)26-19(15)20(16)28/h1-8,14,21-22,25-26,29-31H,9H2,(H,27,32,33)/t14-,21-,22-,25-/m1/s1. The van der Waals surface area contributed by atoms with Crippen LogP contribution in [0, 0.1) is 0 Å². The number of ether oxygens (including phenoxy) is 1. The highest BCUT2D eigenvalue weighted by Crippen LogP contribution is 2.45. The van der Waals surface area contributed by atoms with E-state index in [0.29, 0.717) is 38.3 Å². The number of H-pyrrole nitrogens is 1. The van der Waals surface area contributed by atoms with Crippen molar-refractivity contribution in [2.24, 2.45) is 0 Å². The molecular weight excluding hydrogens is 438 g/mol. The van der Waals surface area contributed by atoms with Crippen molar-refractivity contribution in [1.29, 1.82) is 0 Å². The molecule has 9 nitrogen and oxygen atoms in total. The van der Waals surface area contributed by atoms with Crippen LogP contribution >= 0.6 is 0 Å². The number of amides is 2. The fourth-order valence-electron chi connectivity index (χ4n) is 5.56. The van der Waals surface area contributed by atoms with Gasteiger partial charge < -0.3 is 29.6 Å². The van der Waals surface area contributed by atoms with Crippen LogP contribution in [-0.4, -0.2) is 61.6 Å². The first kappa shape index (κ1) is 19.7. The molecule has 2 amide bonds. The third-order valence-electron chi connectivity index (χ3n) is 7.01. The first-order valence-electron chi connectivity index (χ1n) is 11.0. The highest BCUT2D eigenvalue weighted by Gasteiger charge is 2.42. The lowest BCUT2D eigenvalue weighted by Crippen LogP contribution is -2.50. The van der Waals surface area contributed by atoms with E-state index in [4.69, 9.17) is 4.74 Å². The summed E-state index contributed by atoms with van der Waals surface area (Å²) in [6.07, 6.45) is -5.09. The van der Waals surface area contributed by atoms with Gasteiger partial charge in [-0.05, 0) is 12.1 Å². The number of hydrogen-bond acceptors (Lipinski definition) is 6. The average molecular weight is 457 g/mol. The van der Waals surface area contributed by atoms with E-state index in [1.54, 1.807) is 4.57 Å². The number of aliphatic hydroxyl groups excluding tert-OH is 3. The van der Waals surface area contributed by atoms with Gasteiger partial charge in [0.15, 0.2) is 6.23 Å². The molecule has 2 aliphatic rings. The monoisotopic (exact) mass is 457 g/mol. The number of imide groups is 1. The highest BCUT2D eigenvalue weighted by molar-refractivity contribution is 6.39. The molecule has 34 heavy (non-hydrogen) atoms. The molecule has 0 saturated carbocycles. The lowest BCUT2D eigenvalue weighted by Gasteiger charge is -2.36. The second-order valence-corrected chi connectivity index (χ2v) is 8.84. The van der Waals surface area contributed by atoms with Crippen LogP contribution in [-0.2, 0) is 4.74 Å². The van der Waals surface area contributed by atoms with Crippen molar-refractivity contribution in [3.8, 4) is 0 Å². The topological polar surface area (TPSA) is 137 Å². The van der Waals surface area contributed by atoms with Crippen molar-refractivity contribution >= 4 is 55.4 Å². The van der Waals surface area contributed by atoms with Crippen LogP contribution in [0.25, 0.3) is 43.6 Å². The zero-order chi connectivity index (χ0) is 23.3. The minimum absolute atomic E-state index is 0.170. The van der Waals surface area contributed by atoms with Gasteiger partial charge in [-0.2, -0.15) is 0 Å². The van der Waals surface area contributed by atoms with E-state index in [1.165, 1.54) is 0 Å². The molecule has 2 aliphatic heterocycles. The van der Waals surface area contributed by atoms with Gasteiger partial charge in [0.2, 0.25) is 0 Å². The van der Waals surface area contributed by atoms with Gasteiger partial charge in [-0.1, -0.05) is 36.4 Å². The number of nitrogens with zero attached hydrogens (tertiary/aromatic N) is 1. The van der Waals surface area contributed by atoms with E-state index in [0.717, 1.165) is 10.9 Å². The van der Waals surface area contributed by atoms with Crippen LogP contribution < -0.4 is 5.32 Å². The summed E-state index contributed by atoms with van der Waals surface area (Å²) in [5.41, 5.74) is 3.23. The molecule has 1 saturated heterocycles. The van der Waals surface area contributed by atoms with Crippen molar-refractivity contribution in [3.63, 3.8) is 0 Å². The number of para-hydroxylation sites is 2. The molecule has 5 aromatic rings. The lowest BCUT2D eigenvalue weighted by molar-refractivity contribution is -0.208. The number of hydrogen-bond donors (Lipinski definition) is 5. The van der Waals surface area contributed by atoms with E-state index in [1.807, 2.05) is 48.5 Å². The average Bonchev–Trinajstić information content (AvgIpc) is 3.47. The van der Waals surface area contributed by atoms with Gasteiger partial charge in [-0.3, -0.25) is 14.9 Å². The van der Waals surface area contributed by atoms with Crippen LogP contribution in [0.2, 0.25) is 0 Å². The molecule has 7 rings (SSSR count). The van der Waals surface area contributed by atoms with Gasteiger partial charge in [0.05, 0.1) is 34.3 Å². The molecule has 0 radical (unpaired) electrons. The number of benzene rings is 3. The number of nitrogens with one attached hydrogen (secondary N) is 2. The molecular formula is C25H19N3O6. The molecule has 1 fully saturated rings. The summed E-state index contributed by atoms with van der Waals surface area (Å²) in [5.74, 6) is -0.943. The summed E-state index contributed by atoms with van der Waals surface area (Å²) in [6, 6.07) is 14.9. The SMILES string of the molecule is O=C1NC(=O)c2c1c1c3ccccc3[nH]c1c1c2c2ccccc2n1[C@@H]1OC[C@@H](O)[C@@H](O)[C@H]1O. The summed E-state index contributed by atoms with van der Waals surface area (Å²) in [6.45, 7) is -0.170. The Morgan fingerprint density at radius 3 is 2.32 bits per heavy atom. The summed E-state index contributed by atoms with van der Waals surface area (Å²) >= 11 is 0. The van der Waals surface area contributed by atoms with Crippen molar-refractivity contribution < 1.29 is 29.6 Å². The number of fused-ring (bicyclic) bond motifs is 10. The van der Waals surface area contributed by atoms with Gasteiger partial charge in [-0.15, -0.1) is 0 Å². The Hall–Kier alpha value is -3.76. The second-order valence-electron chi connectivity index (χ2n) is 8.84. The molecule has 0 aliphatic carbocycles. The number of aromatic nitrogens is 2. The minimum Gasteiger partial charge on any atom is -0.388 e. The fraction of sp³-hybridized carbons (Fsp3) is 0.200. The maximum Gasteiger partial charge on any atom is 0.259 e. The molecule has 2 aromatic heterocycles. The van der Waals surface area contributed by atoms with Gasteiger partial charge in [0, 0.05) is 27.1 Å². The van der Waals surface area contributed by atoms with Crippen molar-refractivity contribution in [2.45, 2.75) is 24.5 Å². The molecule has 0 unspecified atom stereocenters. The molecule has 5 N–H and O–H groups in total. The molecule has 0 bridgehead atoms. The zero-order valence-corrected chi connectivity index (χ0v) is 17.6. The molecule has 4 heterocycles. The highest BCUT2D eigenvalue weighted by atomic mass is 16.5. The first-order valence-corrected chi connectivity index (χ1v) is 11.0. The van der Waals surface area contributed by atoms with Crippen molar-refractivity contribution in [1.82, 2.24) is 14.9 Å². The Labute approximate surface area is 191 Å². The maximum absolute atomic E-state index is 13.1. The number of aromatic amines is 1. The third-order valence-corrected chi connectivity index (χ3v) is 7.01. The van der Waals surface area contributed by atoms with E-state index < -0.39 is 36.4 Å². The number of aliphatic hydroxyl groups is 3. The molecule has 0 spiro atoms. The smallest absolute Gasteiger partial charge is 0.259 e. The largest absolute Gasteiger partial charge is 0.388 e. The zero-order valence-electron chi connectivity index (χ0n) is 17.6.